The molecule has 3 aliphatic heterocycles. The van der Waals surface area contributed by atoms with E-state index in [0.29, 0.717) is 6.04 Å². The fourth-order valence-electron chi connectivity index (χ4n) is 4.16. The second kappa shape index (κ2) is 8.41. The summed E-state index contributed by atoms with van der Waals surface area (Å²) in [6.07, 6.45) is 6.01. The molecule has 24 heavy (non-hydrogen) atoms. The lowest BCUT2D eigenvalue weighted by Crippen LogP contribution is -2.45. The second-order valence-corrected chi connectivity index (χ2v) is 6.82. The standard InChI is InChI=1S/C18H25N3O.2ClH/c22-18(15-3-4-17-14(13-15)5-8-19-17)21-11-6-16(7-12-21)20-9-1-2-10-20;;/h3-4,13,16,19H,1-2,5-12H2;2*1H. The molecule has 134 valence electrons. The van der Waals surface area contributed by atoms with Gasteiger partial charge in [-0.05, 0) is 69.0 Å². The van der Waals surface area contributed by atoms with Gasteiger partial charge in [0.1, 0.15) is 0 Å². The van der Waals surface area contributed by atoms with Gasteiger partial charge in [-0.25, -0.2) is 0 Å². The number of carbonyl (C=O) groups excluding carboxylic acids is 1. The monoisotopic (exact) mass is 371 g/mol. The minimum atomic E-state index is 0. The first-order valence-electron chi connectivity index (χ1n) is 8.71. The first-order chi connectivity index (χ1) is 10.8. The third-order valence-corrected chi connectivity index (χ3v) is 5.47. The number of hydrogen-bond acceptors (Lipinski definition) is 3. The van der Waals surface area contributed by atoms with Gasteiger partial charge in [-0.1, -0.05) is 0 Å². The van der Waals surface area contributed by atoms with Crippen LogP contribution in [0, 0.1) is 0 Å². The van der Waals surface area contributed by atoms with Gasteiger partial charge in [0.25, 0.3) is 5.91 Å². The van der Waals surface area contributed by atoms with E-state index in [2.05, 4.69) is 27.2 Å². The van der Waals surface area contributed by atoms with E-state index in [1.54, 1.807) is 0 Å². The lowest BCUT2D eigenvalue weighted by molar-refractivity contribution is 0.0644. The molecule has 0 radical (unpaired) electrons. The van der Waals surface area contributed by atoms with Crippen LogP contribution in [0.25, 0.3) is 0 Å². The summed E-state index contributed by atoms with van der Waals surface area (Å²) in [6, 6.07) is 6.83. The van der Waals surface area contributed by atoms with Crippen LogP contribution in [0.5, 0.6) is 0 Å². The van der Waals surface area contributed by atoms with E-state index >= 15 is 0 Å². The third kappa shape index (κ3) is 3.81. The van der Waals surface area contributed by atoms with Crippen molar-refractivity contribution < 1.29 is 4.79 Å². The average molecular weight is 372 g/mol. The number of benzene rings is 1. The zero-order valence-electron chi connectivity index (χ0n) is 14.0. The molecule has 3 aliphatic rings. The minimum absolute atomic E-state index is 0. The highest BCUT2D eigenvalue weighted by molar-refractivity contribution is 5.95. The molecule has 0 bridgehead atoms. The number of hydrogen-bond donors (Lipinski definition) is 1. The maximum Gasteiger partial charge on any atom is 0.253 e. The van der Waals surface area contributed by atoms with Gasteiger partial charge < -0.3 is 15.1 Å². The molecule has 1 N–H and O–H groups in total. The zero-order chi connectivity index (χ0) is 14.9. The molecular weight excluding hydrogens is 345 g/mol. The Kier molecular flexibility index (Phi) is 6.79. The molecule has 1 amide bonds. The normalized spacial score (nSPS) is 20.8. The van der Waals surface area contributed by atoms with E-state index in [0.717, 1.165) is 44.5 Å². The number of rotatable bonds is 2. The highest BCUT2D eigenvalue weighted by Crippen LogP contribution is 2.25. The van der Waals surface area contributed by atoms with Crippen LogP contribution in [0.4, 0.5) is 5.69 Å². The third-order valence-electron chi connectivity index (χ3n) is 5.47. The number of carbonyl (C=O) groups is 1. The Hall–Kier alpha value is -0.970. The van der Waals surface area contributed by atoms with Gasteiger partial charge in [0, 0.05) is 36.9 Å². The fourth-order valence-corrected chi connectivity index (χ4v) is 4.16. The highest BCUT2D eigenvalue weighted by atomic mass is 35.5. The van der Waals surface area contributed by atoms with Crippen LogP contribution in [0.2, 0.25) is 0 Å². The Morgan fingerprint density at radius 1 is 1.04 bits per heavy atom. The van der Waals surface area contributed by atoms with Gasteiger partial charge in [0.05, 0.1) is 0 Å². The van der Waals surface area contributed by atoms with Crippen LogP contribution in [0.1, 0.15) is 41.6 Å². The van der Waals surface area contributed by atoms with Gasteiger partial charge in [-0.3, -0.25) is 4.79 Å². The van der Waals surface area contributed by atoms with E-state index in [9.17, 15) is 4.79 Å². The molecule has 0 atom stereocenters. The lowest BCUT2D eigenvalue weighted by Gasteiger charge is -2.36. The van der Waals surface area contributed by atoms with E-state index in [1.165, 1.54) is 37.2 Å². The van der Waals surface area contributed by atoms with E-state index in [1.807, 2.05) is 6.07 Å². The number of fused-ring (bicyclic) bond motifs is 1. The molecule has 0 aromatic heterocycles. The molecule has 2 fully saturated rings. The molecule has 4 rings (SSSR count). The summed E-state index contributed by atoms with van der Waals surface area (Å²) in [5.74, 6) is 0.217. The van der Waals surface area contributed by atoms with Crippen molar-refractivity contribution in [3.63, 3.8) is 0 Å². The van der Waals surface area contributed by atoms with Gasteiger partial charge in [-0.15, -0.1) is 24.8 Å². The Labute approximate surface area is 156 Å². The summed E-state index contributed by atoms with van der Waals surface area (Å²) >= 11 is 0. The maximum atomic E-state index is 12.7. The molecule has 6 heteroatoms. The van der Waals surface area contributed by atoms with Crippen molar-refractivity contribution in [3.05, 3.63) is 29.3 Å². The molecule has 3 heterocycles. The van der Waals surface area contributed by atoms with E-state index in [-0.39, 0.29) is 30.7 Å². The summed E-state index contributed by atoms with van der Waals surface area (Å²) in [5, 5.41) is 3.35. The first-order valence-corrected chi connectivity index (χ1v) is 8.71. The van der Waals surface area contributed by atoms with Crippen LogP contribution in [-0.4, -0.2) is 54.5 Å². The molecule has 0 unspecified atom stereocenters. The predicted octanol–water partition coefficient (Wildman–Crippen LogP) is 3.20. The second-order valence-electron chi connectivity index (χ2n) is 6.82. The Bertz CT molecular complexity index is 567. The van der Waals surface area contributed by atoms with Crippen LogP contribution in [-0.2, 0) is 6.42 Å². The maximum absolute atomic E-state index is 12.7. The predicted molar refractivity (Wildman–Crippen MR) is 103 cm³/mol. The highest BCUT2D eigenvalue weighted by Gasteiger charge is 2.28. The van der Waals surface area contributed by atoms with E-state index in [4.69, 9.17) is 0 Å². The molecule has 0 saturated carbocycles. The van der Waals surface area contributed by atoms with Gasteiger partial charge in [0.15, 0.2) is 0 Å². The van der Waals surface area contributed by atoms with Crippen LogP contribution >= 0.6 is 24.8 Å². The number of nitrogens with one attached hydrogen (secondary N) is 1. The minimum Gasteiger partial charge on any atom is -0.384 e. The Morgan fingerprint density at radius 3 is 2.46 bits per heavy atom. The quantitative estimate of drug-likeness (QED) is 0.866. The number of piperidine rings is 1. The van der Waals surface area contributed by atoms with Crippen molar-refractivity contribution in [1.29, 1.82) is 0 Å². The van der Waals surface area contributed by atoms with Gasteiger partial charge in [-0.2, -0.15) is 0 Å². The molecule has 2 saturated heterocycles. The van der Waals surface area contributed by atoms with Crippen molar-refractivity contribution >= 4 is 36.4 Å². The molecule has 0 aliphatic carbocycles. The molecule has 1 aromatic carbocycles. The van der Waals surface area contributed by atoms with Gasteiger partial charge >= 0.3 is 0 Å². The number of nitrogens with zero attached hydrogens (tertiary/aromatic N) is 2. The number of amides is 1. The summed E-state index contributed by atoms with van der Waals surface area (Å²) in [5.41, 5.74) is 3.35. The SMILES string of the molecule is Cl.Cl.O=C(c1ccc2c(c1)CCN2)N1CCC(N2CCCC2)CC1. The van der Waals surface area contributed by atoms with Crippen molar-refractivity contribution in [2.45, 2.75) is 38.1 Å². The van der Waals surface area contributed by atoms with Crippen LogP contribution in [0.15, 0.2) is 18.2 Å². The number of anilines is 1. The Balaban J connectivity index is 0.00000104. The molecular formula is C18H27Cl2N3O. The summed E-state index contributed by atoms with van der Waals surface area (Å²) in [6.45, 7) is 5.34. The topological polar surface area (TPSA) is 35.6 Å². The molecule has 4 nitrogen and oxygen atoms in total. The van der Waals surface area contributed by atoms with Crippen molar-refractivity contribution in [2.24, 2.45) is 0 Å². The Morgan fingerprint density at radius 2 is 1.75 bits per heavy atom. The molecule has 0 spiro atoms. The smallest absolute Gasteiger partial charge is 0.253 e. The lowest BCUT2D eigenvalue weighted by atomic mass is 10.0. The van der Waals surface area contributed by atoms with E-state index < -0.39 is 0 Å². The summed E-state index contributed by atoms with van der Waals surface area (Å²) in [4.78, 5) is 17.4. The van der Waals surface area contributed by atoms with Gasteiger partial charge in [0.2, 0.25) is 0 Å². The van der Waals surface area contributed by atoms with Crippen molar-refractivity contribution in [1.82, 2.24) is 9.80 Å². The first kappa shape index (κ1) is 19.4. The van der Waals surface area contributed by atoms with Crippen molar-refractivity contribution in [3.8, 4) is 0 Å². The number of likely N-dealkylation sites (tertiary alicyclic amines) is 2. The largest absolute Gasteiger partial charge is 0.384 e. The molecule has 1 aromatic rings. The zero-order valence-corrected chi connectivity index (χ0v) is 15.6. The average Bonchev–Trinajstić information content (AvgIpc) is 3.25. The van der Waals surface area contributed by atoms with Crippen LogP contribution in [0.3, 0.4) is 0 Å². The summed E-state index contributed by atoms with van der Waals surface area (Å²) < 4.78 is 0. The summed E-state index contributed by atoms with van der Waals surface area (Å²) in [7, 11) is 0. The van der Waals surface area contributed by atoms with Crippen LogP contribution < -0.4 is 5.32 Å². The van der Waals surface area contributed by atoms with Crippen molar-refractivity contribution in [2.75, 3.05) is 38.0 Å². The fraction of sp³-hybridized carbons (Fsp3) is 0.611. The number of halogens is 2.